The van der Waals surface area contributed by atoms with E-state index in [4.69, 9.17) is 16.3 Å². The van der Waals surface area contributed by atoms with Crippen LogP contribution in [-0.4, -0.2) is 28.4 Å². The Hall–Kier alpha value is -3.20. The number of aliphatic hydroxyl groups excluding tert-OH is 1. The van der Waals surface area contributed by atoms with Crippen molar-refractivity contribution in [3.8, 4) is 5.75 Å². The summed E-state index contributed by atoms with van der Waals surface area (Å²) >= 11 is 8.82. The van der Waals surface area contributed by atoms with Gasteiger partial charge in [-0.3, -0.25) is 14.5 Å². The number of ether oxygens (including phenoxy) is 1. The van der Waals surface area contributed by atoms with Crippen molar-refractivity contribution >= 4 is 67.1 Å². The molecule has 0 saturated carbocycles. The summed E-state index contributed by atoms with van der Waals surface area (Å²) in [6.45, 7) is 6.59. The number of carbonyl (C=O) groups excluding carboxylic acids is 2. The highest BCUT2D eigenvalue weighted by atomic mass is 35.5. The molecule has 9 heteroatoms. The number of hydrogen-bond acceptors (Lipinski definition) is 7. The van der Waals surface area contributed by atoms with E-state index in [1.54, 1.807) is 36.4 Å². The van der Waals surface area contributed by atoms with Crippen LogP contribution in [0.25, 0.3) is 16.0 Å². The van der Waals surface area contributed by atoms with E-state index in [0.717, 1.165) is 15.1 Å². The molecule has 1 amide bonds. The second kappa shape index (κ2) is 9.69. The number of ketones is 1. The van der Waals surface area contributed by atoms with Crippen LogP contribution in [0.1, 0.15) is 35.9 Å². The van der Waals surface area contributed by atoms with Gasteiger partial charge in [0, 0.05) is 15.5 Å². The average Bonchev–Trinajstić information content (AvgIpc) is 3.56. The predicted octanol–water partition coefficient (Wildman–Crippen LogP) is 6.98. The smallest absolute Gasteiger partial charge is 0.301 e. The number of nitrogens with zero attached hydrogens (tertiary/aromatic N) is 2. The Morgan fingerprint density at radius 2 is 2.00 bits per heavy atom. The van der Waals surface area contributed by atoms with Crippen LogP contribution in [0.4, 0.5) is 5.13 Å². The number of aliphatic hydroxyl groups is 1. The number of fused-ring (bicyclic) bond motifs is 1. The number of amides is 1. The molecule has 184 valence electrons. The van der Waals surface area contributed by atoms with Crippen molar-refractivity contribution in [2.24, 2.45) is 5.92 Å². The molecule has 6 nitrogen and oxygen atoms in total. The third-order valence-corrected chi connectivity index (χ3v) is 8.00. The minimum Gasteiger partial charge on any atom is -0.507 e. The Bertz CT molecular complexity index is 1510. The standard InChI is InChI=1S/C27H23ClN2O4S2/c1-14(2)13-34-19-9-6-16(11-15(19)3)24(31)22-23(20-5-4-10-35-20)30(26(33)25(22)32)27-29-18-8-7-17(28)12-21(18)36-27/h4-12,14,23,31H,13H2,1-3H3/b24-22+. The largest absolute Gasteiger partial charge is 0.507 e. The number of thiophene rings is 1. The molecule has 1 unspecified atom stereocenters. The fourth-order valence-electron chi connectivity index (χ4n) is 4.11. The molecular weight excluding hydrogens is 516 g/mol. The molecular formula is C27H23ClN2O4S2. The first-order valence-corrected chi connectivity index (χ1v) is 13.5. The van der Waals surface area contributed by atoms with Crippen molar-refractivity contribution in [2.75, 3.05) is 11.5 Å². The minimum absolute atomic E-state index is 0.0370. The summed E-state index contributed by atoms with van der Waals surface area (Å²) < 4.78 is 6.65. The Balaban J connectivity index is 1.61. The molecule has 3 heterocycles. The second-order valence-electron chi connectivity index (χ2n) is 8.98. The Kier molecular flexibility index (Phi) is 6.59. The Morgan fingerprint density at radius 1 is 1.19 bits per heavy atom. The van der Waals surface area contributed by atoms with Gasteiger partial charge in [0.2, 0.25) is 0 Å². The number of anilines is 1. The normalized spacial score (nSPS) is 17.5. The van der Waals surface area contributed by atoms with Crippen molar-refractivity contribution in [1.29, 1.82) is 0 Å². The molecule has 1 atom stereocenters. The van der Waals surface area contributed by atoms with Crippen molar-refractivity contribution in [2.45, 2.75) is 26.8 Å². The van der Waals surface area contributed by atoms with E-state index in [0.29, 0.717) is 39.5 Å². The van der Waals surface area contributed by atoms with Crippen LogP contribution in [0.2, 0.25) is 5.02 Å². The van der Waals surface area contributed by atoms with Crippen LogP contribution in [0, 0.1) is 12.8 Å². The molecule has 1 saturated heterocycles. The van der Waals surface area contributed by atoms with Gasteiger partial charge in [-0.1, -0.05) is 42.9 Å². The Labute approximate surface area is 221 Å². The number of carbonyl (C=O) groups is 2. The predicted molar refractivity (Wildman–Crippen MR) is 145 cm³/mol. The zero-order valence-corrected chi connectivity index (χ0v) is 22.2. The fourth-order valence-corrected chi connectivity index (χ4v) is 6.20. The first-order valence-electron chi connectivity index (χ1n) is 11.4. The number of hydrogen-bond donors (Lipinski definition) is 1. The summed E-state index contributed by atoms with van der Waals surface area (Å²) in [5, 5.41) is 14.2. The highest BCUT2D eigenvalue weighted by Crippen LogP contribution is 2.45. The molecule has 0 aliphatic carbocycles. The fraction of sp³-hybridized carbons (Fsp3) is 0.222. The van der Waals surface area contributed by atoms with Crippen LogP contribution >= 0.6 is 34.3 Å². The lowest BCUT2D eigenvalue weighted by atomic mass is 9.99. The third kappa shape index (κ3) is 4.40. The van der Waals surface area contributed by atoms with Gasteiger partial charge >= 0.3 is 5.91 Å². The molecule has 1 aliphatic heterocycles. The van der Waals surface area contributed by atoms with Gasteiger partial charge in [0.05, 0.1) is 22.4 Å². The maximum absolute atomic E-state index is 13.3. The summed E-state index contributed by atoms with van der Waals surface area (Å²) in [7, 11) is 0. The summed E-state index contributed by atoms with van der Waals surface area (Å²) in [4.78, 5) is 33.4. The van der Waals surface area contributed by atoms with Gasteiger partial charge in [0.15, 0.2) is 5.13 Å². The van der Waals surface area contributed by atoms with Crippen molar-refractivity contribution in [1.82, 2.24) is 4.98 Å². The number of rotatable bonds is 6. The highest BCUT2D eigenvalue weighted by molar-refractivity contribution is 7.22. The van der Waals surface area contributed by atoms with E-state index < -0.39 is 17.7 Å². The van der Waals surface area contributed by atoms with Gasteiger partial charge in [-0.2, -0.15) is 0 Å². The van der Waals surface area contributed by atoms with E-state index in [2.05, 4.69) is 18.8 Å². The van der Waals surface area contributed by atoms with Gasteiger partial charge in [0.25, 0.3) is 5.78 Å². The lowest BCUT2D eigenvalue weighted by Gasteiger charge is -2.21. The Morgan fingerprint density at radius 3 is 2.69 bits per heavy atom. The zero-order valence-electron chi connectivity index (χ0n) is 19.8. The number of thiazole rings is 1. The van der Waals surface area contributed by atoms with Gasteiger partial charge < -0.3 is 9.84 Å². The summed E-state index contributed by atoms with van der Waals surface area (Å²) in [5.41, 5.74) is 1.98. The van der Waals surface area contributed by atoms with Crippen molar-refractivity contribution in [3.05, 3.63) is 80.5 Å². The molecule has 2 aromatic heterocycles. The van der Waals surface area contributed by atoms with E-state index in [1.807, 2.05) is 24.4 Å². The molecule has 36 heavy (non-hydrogen) atoms. The number of aryl methyl sites for hydroxylation is 1. The average molecular weight is 539 g/mol. The molecule has 0 spiro atoms. The molecule has 0 bridgehead atoms. The lowest BCUT2D eigenvalue weighted by Crippen LogP contribution is -2.28. The van der Waals surface area contributed by atoms with Crippen LogP contribution in [0.3, 0.4) is 0 Å². The summed E-state index contributed by atoms with van der Waals surface area (Å²) in [5.74, 6) is -0.618. The highest BCUT2D eigenvalue weighted by Gasteiger charge is 2.48. The quantitative estimate of drug-likeness (QED) is 0.163. The first-order chi connectivity index (χ1) is 17.2. The molecule has 0 radical (unpaired) electrons. The van der Waals surface area contributed by atoms with E-state index in [1.165, 1.54) is 27.6 Å². The molecule has 5 rings (SSSR count). The van der Waals surface area contributed by atoms with Gasteiger partial charge in [-0.25, -0.2) is 4.98 Å². The SMILES string of the molecule is Cc1cc(/C(O)=C2\C(=O)C(=O)N(c3nc4ccc(Cl)cc4s3)C2c2cccs2)ccc1OCC(C)C. The number of benzene rings is 2. The second-order valence-corrected chi connectivity index (χ2v) is 11.4. The van der Waals surface area contributed by atoms with Crippen LogP contribution < -0.4 is 9.64 Å². The van der Waals surface area contributed by atoms with Crippen LogP contribution in [0.5, 0.6) is 5.75 Å². The topological polar surface area (TPSA) is 79.7 Å². The van der Waals surface area contributed by atoms with Gasteiger partial charge in [-0.05, 0) is 66.2 Å². The van der Waals surface area contributed by atoms with E-state index >= 15 is 0 Å². The monoisotopic (exact) mass is 538 g/mol. The van der Waals surface area contributed by atoms with E-state index in [9.17, 15) is 14.7 Å². The summed E-state index contributed by atoms with van der Waals surface area (Å²) in [6, 6.07) is 13.4. The summed E-state index contributed by atoms with van der Waals surface area (Å²) in [6.07, 6.45) is 0. The van der Waals surface area contributed by atoms with Crippen LogP contribution in [0.15, 0.2) is 59.5 Å². The number of halogens is 1. The van der Waals surface area contributed by atoms with Crippen LogP contribution in [-0.2, 0) is 9.59 Å². The number of aromatic nitrogens is 1. The molecule has 1 aliphatic rings. The van der Waals surface area contributed by atoms with Gasteiger partial charge in [0.1, 0.15) is 17.6 Å². The maximum Gasteiger partial charge on any atom is 0.301 e. The van der Waals surface area contributed by atoms with Crippen molar-refractivity contribution in [3.63, 3.8) is 0 Å². The van der Waals surface area contributed by atoms with E-state index in [-0.39, 0.29) is 11.3 Å². The van der Waals surface area contributed by atoms with Crippen molar-refractivity contribution < 1.29 is 19.4 Å². The maximum atomic E-state index is 13.3. The number of Topliss-reactive ketones (excluding diaryl/α,β-unsaturated/α-hetero) is 1. The molecule has 2 aromatic carbocycles. The molecule has 1 N–H and O–H groups in total. The molecule has 4 aromatic rings. The third-order valence-electron chi connectivity index (χ3n) is 5.82. The van der Waals surface area contributed by atoms with Gasteiger partial charge in [-0.15, -0.1) is 11.3 Å². The minimum atomic E-state index is -0.793. The molecule has 1 fully saturated rings. The lowest BCUT2D eigenvalue weighted by molar-refractivity contribution is -0.132. The first kappa shape index (κ1) is 24.5. The zero-order chi connectivity index (χ0) is 25.6.